The summed E-state index contributed by atoms with van der Waals surface area (Å²) in [5.41, 5.74) is 4.06. The Hall–Kier alpha value is -3.21. The Balaban J connectivity index is 0.00000196. The Morgan fingerprint density at radius 3 is 3.00 bits per heavy atom. The standard InChI is InChI=1S/C17H16N4O4S.H2O.H2/c1-24-13-5-6-14-15(8-13)26-17(19-14)20-16(22)10-25-18-9-11-3-2-4-12(7-11)21-23;;/h2-9,21,23H,10H2,1H3,(H,19,20,22);1H2;1H/b18-9-;;. The molecule has 1 amide bonds. The van der Waals surface area contributed by atoms with E-state index in [9.17, 15) is 4.79 Å². The normalized spacial score (nSPS) is 10.4. The number of rotatable bonds is 7. The van der Waals surface area contributed by atoms with E-state index in [0.717, 1.165) is 16.0 Å². The molecule has 144 valence electrons. The molecule has 0 aliphatic carbocycles. The zero-order valence-electron chi connectivity index (χ0n) is 14.3. The Kier molecular flexibility index (Phi) is 7.06. The van der Waals surface area contributed by atoms with Gasteiger partial charge in [-0.3, -0.25) is 20.8 Å². The van der Waals surface area contributed by atoms with Crippen molar-refractivity contribution in [3.63, 3.8) is 0 Å². The first-order valence-electron chi connectivity index (χ1n) is 7.58. The Labute approximate surface area is 160 Å². The summed E-state index contributed by atoms with van der Waals surface area (Å²) in [6, 6.07) is 12.4. The van der Waals surface area contributed by atoms with Crippen LogP contribution in [0.3, 0.4) is 0 Å². The molecule has 27 heavy (non-hydrogen) atoms. The van der Waals surface area contributed by atoms with Gasteiger partial charge in [-0.2, -0.15) is 0 Å². The molecule has 0 fully saturated rings. The topological polar surface area (TPSA) is 137 Å². The predicted molar refractivity (Wildman–Crippen MR) is 106 cm³/mol. The van der Waals surface area contributed by atoms with Gasteiger partial charge in [0.25, 0.3) is 5.91 Å². The third-order valence-electron chi connectivity index (χ3n) is 3.33. The minimum Gasteiger partial charge on any atom is -0.497 e. The van der Waals surface area contributed by atoms with E-state index in [4.69, 9.17) is 14.8 Å². The van der Waals surface area contributed by atoms with Crippen molar-refractivity contribution in [2.45, 2.75) is 0 Å². The highest BCUT2D eigenvalue weighted by Crippen LogP contribution is 2.29. The quantitative estimate of drug-likeness (QED) is 0.417. The lowest BCUT2D eigenvalue weighted by atomic mass is 10.2. The van der Waals surface area contributed by atoms with Crippen LogP contribution in [0.5, 0.6) is 5.75 Å². The smallest absolute Gasteiger partial charge is 0.266 e. The molecule has 0 saturated heterocycles. The van der Waals surface area contributed by atoms with Gasteiger partial charge in [-0.05, 0) is 35.9 Å². The summed E-state index contributed by atoms with van der Waals surface area (Å²) in [7, 11) is 1.60. The maximum Gasteiger partial charge on any atom is 0.266 e. The van der Waals surface area contributed by atoms with Crippen molar-refractivity contribution < 1.29 is 26.5 Å². The molecule has 3 rings (SSSR count). The number of methoxy groups -OCH3 is 1. The van der Waals surface area contributed by atoms with Crippen LogP contribution in [0.25, 0.3) is 10.2 Å². The molecule has 9 nitrogen and oxygen atoms in total. The van der Waals surface area contributed by atoms with Gasteiger partial charge >= 0.3 is 0 Å². The number of hydrogen-bond donors (Lipinski definition) is 3. The number of oxime groups is 1. The molecule has 2 aromatic carbocycles. The number of hydrogen-bond acceptors (Lipinski definition) is 8. The number of benzene rings is 2. The molecule has 1 aromatic heterocycles. The largest absolute Gasteiger partial charge is 0.497 e. The highest BCUT2D eigenvalue weighted by Gasteiger charge is 2.09. The predicted octanol–water partition coefficient (Wildman–Crippen LogP) is 2.52. The van der Waals surface area contributed by atoms with Crippen LogP contribution in [0.2, 0.25) is 0 Å². The third kappa shape index (κ3) is 5.38. The monoisotopic (exact) mass is 392 g/mol. The number of aromatic nitrogens is 1. The molecule has 0 unspecified atom stereocenters. The molecular weight excluding hydrogens is 372 g/mol. The molecular formula is C17H20N4O5S. The van der Waals surface area contributed by atoms with Crippen LogP contribution in [-0.4, -0.2) is 41.5 Å². The van der Waals surface area contributed by atoms with Crippen molar-refractivity contribution in [3.05, 3.63) is 48.0 Å². The van der Waals surface area contributed by atoms with Gasteiger partial charge in [0.05, 0.1) is 29.2 Å². The lowest BCUT2D eigenvalue weighted by Gasteiger charge is -2.01. The fraction of sp³-hybridized carbons (Fsp3) is 0.118. The van der Waals surface area contributed by atoms with Crippen molar-refractivity contribution >= 4 is 44.5 Å². The van der Waals surface area contributed by atoms with Crippen LogP contribution in [0.15, 0.2) is 47.6 Å². The van der Waals surface area contributed by atoms with E-state index < -0.39 is 0 Å². The van der Waals surface area contributed by atoms with E-state index in [1.165, 1.54) is 17.6 Å². The molecule has 0 bridgehead atoms. The van der Waals surface area contributed by atoms with Crippen LogP contribution in [0.1, 0.15) is 6.99 Å². The summed E-state index contributed by atoms with van der Waals surface area (Å²) in [5, 5.41) is 15.7. The van der Waals surface area contributed by atoms with E-state index >= 15 is 0 Å². The Morgan fingerprint density at radius 1 is 1.37 bits per heavy atom. The second kappa shape index (κ2) is 9.48. The minimum absolute atomic E-state index is 0. The average Bonchev–Trinajstić information content (AvgIpc) is 3.06. The van der Waals surface area contributed by atoms with Gasteiger partial charge in [-0.25, -0.2) is 4.98 Å². The first kappa shape index (κ1) is 20.1. The lowest BCUT2D eigenvalue weighted by Crippen LogP contribution is -2.16. The molecule has 1 heterocycles. The lowest BCUT2D eigenvalue weighted by molar-refractivity contribution is -0.120. The molecule has 10 heteroatoms. The molecule has 0 atom stereocenters. The number of nitrogens with zero attached hydrogens (tertiary/aromatic N) is 2. The summed E-state index contributed by atoms with van der Waals surface area (Å²) in [5.74, 6) is 0.371. The molecule has 0 aliphatic rings. The van der Waals surface area contributed by atoms with Gasteiger partial charge in [-0.15, -0.1) is 0 Å². The third-order valence-corrected chi connectivity index (χ3v) is 4.26. The van der Waals surface area contributed by atoms with E-state index in [0.29, 0.717) is 16.4 Å². The number of amides is 1. The van der Waals surface area contributed by atoms with Gasteiger partial charge in [-0.1, -0.05) is 28.6 Å². The van der Waals surface area contributed by atoms with Gasteiger partial charge in [0.15, 0.2) is 11.7 Å². The van der Waals surface area contributed by atoms with Crippen LogP contribution in [0.4, 0.5) is 10.8 Å². The van der Waals surface area contributed by atoms with Gasteiger partial charge in [0.2, 0.25) is 0 Å². The van der Waals surface area contributed by atoms with Crippen molar-refractivity contribution in [2.75, 3.05) is 24.5 Å². The van der Waals surface area contributed by atoms with Gasteiger partial charge < -0.3 is 15.1 Å². The van der Waals surface area contributed by atoms with Crippen LogP contribution in [-0.2, 0) is 9.63 Å². The molecule has 0 saturated carbocycles. The van der Waals surface area contributed by atoms with Gasteiger partial charge in [0, 0.05) is 1.43 Å². The van der Waals surface area contributed by atoms with Crippen molar-refractivity contribution in [2.24, 2.45) is 5.16 Å². The highest BCUT2D eigenvalue weighted by molar-refractivity contribution is 7.22. The van der Waals surface area contributed by atoms with E-state index in [2.05, 4.69) is 15.5 Å². The maximum atomic E-state index is 11.9. The number of anilines is 2. The van der Waals surface area contributed by atoms with Crippen molar-refractivity contribution in [1.82, 2.24) is 4.98 Å². The first-order valence-corrected chi connectivity index (χ1v) is 8.39. The summed E-state index contributed by atoms with van der Waals surface area (Å²) in [4.78, 5) is 21.2. The number of carbonyl (C=O) groups is 1. The number of fused-ring (bicyclic) bond motifs is 1. The summed E-state index contributed by atoms with van der Waals surface area (Å²) >= 11 is 1.35. The van der Waals surface area contributed by atoms with E-state index in [1.54, 1.807) is 31.4 Å². The molecule has 0 spiro atoms. The number of thiazole rings is 1. The Morgan fingerprint density at radius 2 is 2.22 bits per heavy atom. The van der Waals surface area contributed by atoms with E-state index in [-0.39, 0.29) is 19.4 Å². The molecule has 0 radical (unpaired) electrons. The zero-order valence-corrected chi connectivity index (χ0v) is 15.1. The second-order valence-corrected chi connectivity index (χ2v) is 6.18. The summed E-state index contributed by atoms with van der Waals surface area (Å²) in [6.07, 6.45) is 1.44. The van der Waals surface area contributed by atoms with Gasteiger partial charge in [0.1, 0.15) is 5.75 Å². The Bertz CT molecular complexity index is 950. The fourth-order valence-corrected chi connectivity index (χ4v) is 3.03. The zero-order chi connectivity index (χ0) is 18.4. The fourth-order valence-electron chi connectivity index (χ4n) is 2.12. The minimum atomic E-state index is -0.362. The second-order valence-electron chi connectivity index (χ2n) is 5.15. The highest BCUT2D eigenvalue weighted by atomic mass is 32.1. The van der Waals surface area contributed by atoms with Crippen molar-refractivity contribution in [1.29, 1.82) is 0 Å². The number of ether oxygens (including phenoxy) is 1. The van der Waals surface area contributed by atoms with Crippen LogP contribution >= 0.6 is 11.3 Å². The first-order chi connectivity index (χ1) is 12.7. The molecule has 3 aromatic rings. The SMILES string of the molecule is COc1ccc2nc(NC(=O)CO/N=C\c3cccc(NO)c3)sc2c1.O.[HH]. The summed E-state index contributed by atoms with van der Waals surface area (Å²) in [6.45, 7) is -0.242. The van der Waals surface area contributed by atoms with Crippen LogP contribution < -0.4 is 15.5 Å². The summed E-state index contributed by atoms with van der Waals surface area (Å²) < 4.78 is 6.08. The molecule has 5 N–H and O–H groups in total. The molecule has 0 aliphatic heterocycles. The average molecular weight is 392 g/mol. The van der Waals surface area contributed by atoms with E-state index in [1.807, 2.05) is 23.7 Å². The maximum absolute atomic E-state index is 11.9. The van der Waals surface area contributed by atoms with Crippen molar-refractivity contribution in [3.8, 4) is 5.75 Å². The number of carbonyl (C=O) groups excluding carboxylic acids is 1. The number of nitrogens with one attached hydrogen (secondary N) is 2. The van der Waals surface area contributed by atoms with Crippen LogP contribution in [0, 0.1) is 0 Å².